The first-order valence-corrected chi connectivity index (χ1v) is 7.16. The molecule has 1 heterocycles. The summed E-state index contributed by atoms with van der Waals surface area (Å²) < 4.78 is 0.676. The summed E-state index contributed by atoms with van der Waals surface area (Å²) in [6, 6.07) is 1.63. The van der Waals surface area contributed by atoms with Crippen molar-refractivity contribution in [3.63, 3.8) is 0 Å². The van der Waals surface area contributed by atoms with Crippen molar-refractivity contribution in [1.82, 2.24) is 4.98 Å². The highest BCUT2D eigenvalue weighted by atomic mass is 79.9. The number of aliphatic carboxylic acids is 1. The summed E-state index contributed by atoms with van der Waals surface area (Å²) in [6.07, 6.45) is 5.89. The zero-order valence-electron chi connectivity index (χ0n) is 10.3. The van der Waals surface area contributed by atoms with E-state index in [0.29, 0.717) is 23.0 Å². The largest absolute Gasteiger partial charge is 0.481 e. The molecule has 0 fully saturated rings. The Labute approximate surface area is 129 Å². The number of carboxylic acid groups (broad SMARTS) is 1. The highest BCUT2D eigenvalue weighted by Crippen LogP contribution is 2.29. The molecule has 2 rings (SSSR count). The van der Waals surface area contributed by atoms with Crippen LogP contribution < -0.4 is 5.32 Å². The van der Waals surface area contributed by atoms with Crippen molar-refractivity contribution in [2.75, 3.05) is 5.32 Å². The number of nitrogens with one attached hydrogen (secondary N) is 1. The van der Waals surface area contributed by atoms with E-state index in [4.69, 9.17) is 16.7 Å². The molecule has 5 nitrogen and oxygen atoms in total. The first kappa shape index (κ1) is 15.0. The number of hydrogen-bond acceptors (Lipinski definition) is 3. The summed E-state index contributed by atoms with van der Waals surface area (Å²) in [4.78, 5) is 27.3. The van der Waals surface area contributed by atoms with Crippen molar-refractivity contribution in [2.24, 2.45) is 11.8 Å². The second kappa shape index (κ2) is 6.37. The highest BCUT2D eigenvalue weighted by Gasteiger charge is 2.34. The molecule has 0 radical (unpaired) electrons. The van der Waals surface area contributed by atoms with Crippen LogP contribution in [0.15, 0.2) is 28.9 Å². The van der Waals surface area contributed by atoms with E-state index >= 15 is 0 Å². The summed E-state index contributed by atoms with van der Waals surface area (Å²) in [6.45, 7) is 0. The number of aromatic nitrogens is 1. The third-order valence-corrected chi connectivity index (χ3v) is 3.88. The van der Waals surface area contributed by atoms with Gasteiger partial charge in [-0.3, -0.25) is 9.59 Å². The lowest BCUT2D eigenvalue weighted by atomic mass is 9.82. The SMILES string of the molecule is O=C(O)C1CC=CCC1C(=O)Nc1cc(Br)cnc1Cl. The molecule has 2 atom stereocenters. The first-order valence-electron chi connectivity index (χ1n) is 5.98. The predicted octanol–water partition coefficient (Wildman–Crippen LogP) is 3.10. The zero-order chi connectivity index (χ0) is 14.7. The normalized spacial score (nSPS) is 21.5. The smallest absolute Gasteiger partial charge is 0.307 e. The summed E-state index contributed by atoms with van der Waals surface area (Å²) in [5.41, 5.74) is 0.365. The predicted molar refractivity (Wildman–Crippen MR) is 78.6 cm³/mol. The van der Waals surface area contributed by atoms with Crippen LogP contribution in [-0.4, -0.2) is 22.0 Å². The average Bonchev–Trinajstić information content (AvgIpc) is 2.42. The number of carbonyl (C=O) groups excluding carboxylic acids is 1. The Balaban J connectivity index is 2.16. The molecule has 2 N–H and O–H groups in total. The van der Waals surface area contributed by atoms with Crippen molar-refractivity contribution in [3.05, 3.63) is 34.0 Å². The topological polar surface area (TPSA) is 79.3 Å². The number of carbonyl (C=O) groups is 2. The molecule has 2 unspecified atom stereocenters. The maximum atomic E-state index is 12.2. The van der Waals surface area contributed by atoms with Crippen LogP contribution in [0.4, 0.5) is 5.69 Å². The summed E-state index contributed by atoms with van der Waals surface area (Å²) in [5.74, 6) is -2.64. The molecule has 1 aliphatic carbocycles. The minimum atomic E-state index is -0.965. The van der Waals surface area contributed by atoms with Crippen LogP contribution in [-0.2, 0) is 9.59 Å². The number of hydrogen-bond donors (Lipinski definition) is 2. The van der Waals surface area contributed by atoms with Crippen LogP contribution in [0, 0.1) is 11.8 Å². The van der Waals surface area contributed by atoms with Crippen LogP contribution in [0.3, 0.4) is 0 Å². The number of nitrogens with zero attached hydrogens (tertiary/aromatic N) is 1. The zero-order valence-corrected chi connectivity index (χ0v) is 12.7. The van der Waals surface area contributed by atoms with Crippen molar-refractivity contribution >= 4 is 45.1 Å². The molecule has 0 aliphatic heterocycles. The molecule has 0 saturated heterocycles. The molecule has 1 aliphatic rings. The maximum absolute atomic E-state index is 12.2. The van der Waals surface area contributed by atoms with E-state index in [9.17, 15) is 9.59 Å². The van der Waals surface area contributed by atoms with Gasteiger partial charge in [-0.2, -0.15) is 0 Å². The van der Waals surface area contributed by atoms with E-state index < -0.39 is 17.8 Å². The Morgan fingerprint density at radius 2 is 2.00 bits per heavy atom. The van der Waals surface area contributed by atoms with Gasteiger partial charge < -0.3 is 10.4 Å². The summed E-state index contributed by atoms with van der Waals surface area (Å²) in [7, 11) is 0. The van der Waals surface area contributed by atoms with E-state index in [2.05, 4.69) is 26.2 Å². The van der Waals surface area contributed by atoms with Crippen LogP contribution >= 0.6 is 27.5 Å². The van der Waals surface area contributed by atoms with Crippen molar-refractivity contribution in [2.45, 2.75) is 12.8 Å². The number of anilines is 1. The van der Waals surface area contributed by atoms with Gasteiger partial charge in [-0.1, -0.05) is 23.8 Å². The lowest BCUT2D eigenvalue weighted by Crippen LogP contribution is -2.34. The third kappa shape index (κ3) is 3.37. The van der Waals surface area contributed by atoms with Gasteiger partial charge in [-0.05, 0) is 34.8 Å². The molecule has 1 aromatic heterocycles. The molecular weight excluding hydrogens is 348 g/mol. The molecule has 0 aromatic carbocycles. The second-order valence-electron chi connectivity index (χ2n) is 4.48. The van der Waals surface area contributed by atoms with Crippen molar-refractivity contribution in [1.29, 1.82) is 0 Å². The molecular formula is C13H12BrClN2O3. The van der Waals surface area contributed by atoms with Crippen LogP contribution in [0.5, 0.6) is 0 Å². The lowest BCUT2D eigenvalue weighted by Gasteiger charge is -2.24. The molecule has 0 spiro atoms. The fourth-order valence-corrected chi connectivity index (χ4v) is 2.59. The minimum Gasteiger partial charge on any atom is -0.481 e. The van der Waals surface area contributed by atoms with Gasteiger partial charge in [0.2, 0.25) is 5.91 Å². The van der Waals surface area contributed by atoms with Gasteiger partial charge in [0, 0.05) is 10.7 Å². The van der Waals surface area contributed by atoms with Crippen LogP contribution in [0.1, 0.15) is 12.8 Å². The molecule has 1 amide bonds. The van der Waals surface area contributed by atoms with E-state index in [1.165, 1.54) is 6.20 Å². The van der Waals surface area contributed by atoms with Crippen LogP contribution in [0.25, 0.3) is 0 Å². The van der Waals surface area contributed by atoms with Gasteiger partial charge in [-0.15, -0.1) is 0 Å². The second-order valence-corrected chi connectivity index (χ2v) is 5.75. The highest BCUT2D eigenvalue weighted by molar-refractivity contribution is 9.10. The fraction of sp³-hybridized carbons (Fsp3) is 0.308. The van der Waals surface area contributed by atoms with Gasteiger partial charge >= 0.3 is 5.97 Å². The molecule has 7 heteroatoms. The maximum Gasteiger partial charge on any atom is 0.307 e. The molecule has 106 valence electrons. The lowest BCUT2D eigenvalue weighted by molar-refractivity contribution is -0.146. The Morgan fingerprint density at radius 1 is 1.35 bits per heavy atom. The average molecular weight is 360 g/mol. The molecule has 20 heavy (non-hydrogen) atoms. The Kier molecular flexibility index (Phi) is 4.77. The number of rotatable bonds is 3. The Bertz CT molecular complexity index is 577. The quantitative estimate of drug-likeness (QED) is 0.642. The summed E-state index contributed by atoms with van der Waals surface area (Å²) >= 11 is 9.14. The number of carboxylic acids is 1. The van der Waals surface area contributed by atoms with E-state index in [1.807, 2.05) is 6.08 Å². The van der Waals surface area contributed by atoms with Gasteiger partial charge in [0.1, 0.15) is 0 Å². The Hall–Kier alpha value is -1.40. The van der Waals surface area contributed by atoms with E-state index in [-0.39, 0.29) is 11.1 Å². The number of pyridine rings is 1. The number of halogens is 2. The number of amides is 1. The van der Waals surface area contributed by atoms with Crippen molar-refractivity contribution < 1.29 is 14.7 Å². The van der Waals surface area contributed by atoms with E-state index in [1.54, 1.807) is 12.1 Å². The molecule has 0 saturated carbocycles. The van der Waals surface area contributed by atoms with Gasteiger partial charge in [0.15, 0.2) is 5.15 Å². The van der Waals surface area contributed by atoms with Crippen LogP contribution in [0.2, 0.25) is 5.15 Å². The monoisotopic (exact) mass is 358 g/mol. The van der Waals surface area contributed by atoms with Gasteiger partial charge in [0.25, 0.3) is 0 Å². The minimum absolute atomic E-state index is 0.166. The summed E-state index contributed by atoms with van der Waals surface area (Å²) in [5, 5.41) is 12.0. The first-order chi connectivity index (χ1) is 9.49. The molecule has 0 bridgehead atoms. The number of allylic oxidation sites excluding steroid dienone is 2. The third-order valence-electron chi connectivity index (χ3n) is 3.15. The van der Waals surface area contributed by atoms with Gasteiger partial charge in [0.05, 0.1) is 17.5 Å². The fourth-order valence-electron chi connectivity index (χ4n) is 2.11. The van der Waals surface area contributed by atoms with Gasteiger partial charge in [-0.25, -0.2) is 4.98 Å². The standard InChI is InChI=1S/C13H12BrClN2O3/c14-7-5-10(11(15)16-6-7)17-12(18)8-3-1-2-4-9(8)13(19)20/h1-2,5-6,8-9H,3-4H2,(H,17,18)(H,19,20). The van der Waals surface area contributed by atoms with Crippen molar-refractivity contribution in [3.8, 4) is 0 Å². The molecule has 1 aromatic rings. The Morgan fingerprint density at radius 3 is 2.65 bits per heavy atom. The van der Waals surface area contributed by atoms with E-state index in [0.717, 1.165) is 0 Å².